The lowest BCUT2D eigenvalue weighted by Gasteiger charge is -2.37. The summed E-state index contributed by atoms with van der Waals surface area (Å²) in [6, 6.07) is 0. The van der Waals surface area contributed by atoms with Gasteiger partial charge in [-0.1, -0.05) is 61.3 Å². The first-order valence-electron chi connectivity index (χ1n) is 9.08. The molecule has 0 bridgehead atoms. The van der Waals surface area contributed by atoms with Gasteiger partial charge < -0.3 is 9.47 Å². The normalized spacial score (nSPS) is 16.1. The first-order valence-corrected chi connectivity index (χ1v) is 9.08. The molecule has 0 spiro atoms. The number of rotatable bonds is 8. The van der Waals surface area contributed by atoms with Crippen molar-refractivity contribution in [2.24, 2.45) is 16.7 Å². The van der Waals surface area contributed by atoms with Gasteiger partial charge in [0.15, 0.2) is 0 Å². The molecule has 0 N–H and O–H groups in total. The molecule has 3 nitrogen and oxygen atoms in total. The highest BCUT2D eigenvalue weighted by molar-refractivity contribution is 5.73. The van der Waals surface area contributed by atoms with Gasteiger partial charge in [0.1, 0.15) is 0 Å². The molecule has 0 aliphatic heterocycles. The van der Waals surface area contributed by atoms with Crippen molar-refractivity contribution < 1.29 is 14.3 Å². The molecule has 0 saturated heterocycles. The molecule has 0 aromatic heterocycles. The van der Waals surface area contributed by atoms with Gasteiger partial charge in [-0.3, -0.25) is 4.79 Å². The van der Waals surface area contributed by atoms with Crippen LogP contribution in [-0.4, -0.2) is 17.9 Å². The molecule has 0 fully saturated rings. The fourth-order valence-corrected chi connectivity index (χ4v) is 2.73. The van der Waals surface area contributed by atoms with Crippen molar-refractivity contribution in [2.75, 3.05) is 0 Å². The molecule has 0 aromatic carbocycles. The Morgan fingerprint density at radius 2 is 1.52 bits per heavy atom. The van der Waals surface area contributed by atoms with Gasteiger partial charge in [0, 0.05) is 13.8 Å². The van der Waals surface area contributed by atoms with Crippen LogP contribution in [0.15, 0.2) is 0 Å². The minimum Gasteiger partial charge on any atom is -0.433 e. The molecule has 0 amide bonds. The number of carbonyl (C=O) groups excluding carboxylic acids is 1. The molecule has 0 aromatic rings. The number of ether oxygens (including phenoxy) is 2. The van der Waals surface area contributed by atoms with Crippen LogP contribution in [0.3, 0.4) is 0 Å². The summed E-state index contributed by atoms with van der Waals surface area (Å²) < 4.78 is 11.7. The third-order valence-corrected chi connectivity index (χ3v) is 3.94. The van der Waals surface area contributed by atoms with Crippen molar-refractivity contribution in [1.29, 1.82) is 0 Å². The van der Waals surface area contributed by atoms with Gasteiger partial charge in [-0.2, -0.15) is 0 Å². The zero-order valence-corrected chi connectivity index (χ0v) is 17.2. The molecule has 0 rings (SSSR count). The fourth-order valence-electron chi connectivity index (χ4n) is 2.73. The Labute approximate surface area is 144 Å². The first-order chi connectivity index (χ1) is 10.2. The summed E-state index contributed by atoms with van der Waals surface area (Å²) in [6.45, 7) is 20.7. The van der Waals surface area contributed by atoms with Crippen LogP contribution in [0, 0.1) is 16.7 Å². The quantitative estimate of drug-likeness (QED) is 0.407. The van der Waals surface area contributed by atoms with Gasteiger partial charge >= 0.3 is 5.97 Å². The number of esters is 1. The number of carbonyl (C=O) groups is 1. The summed E-state index contributed by atoms with van der Waals surface area (Å²) in [7, 11) is 0. The molecule has 2 unspecified atom stereocenters. The molecular weight excluding hydrogens is 288 g/mol. The summed E-state index contributed by atoms with van der Waals surface area (Å²) in [4.78, 5) is 12.8. The molecule has 0 aliphatic rings. The van der Waals surface area contributed by atoms with E-state index in [1.807, 2.05) is 20.8 Å². The second-order valence-corrected chi connectivity index (χ2v) is 9.58. The second-order valence-electron chi connectivity index (χ2n) is 9.58. The Kier molecular flexibility index (Phi) is 8.29. The van der Waals surface area contributed by atoms with Crippen molar-refractivity contribution in [2.45, 2.75) is 107 Å². The van der Waals surface area contributed by atoms with Gasteiger partial charge in [0.2, 0.25) is 5.79 Å². The zero-order valence-electron chi connectivity index (χ0n) is 17.2. The number of hydrogen-bond acceptors (Lipinski definition) is 3. The van der Waals surface area contributed by atoms with Crippen molar-refractivity contribution >= 4 is 5.97 Å². The minimum absolute atomic E-state index is 0.0797. The van der Waals surface area contributed by atoms with Gasteiger partial charge in [0.05, 0.1) is 12.0 Å². The molecule has 0 saturated carbocycles. The summed E-state index contributed by atoms with van der Waals surface area (Å²) in [5.74, 6) is -1.18. The van der Waals surface area contributed by atoms with Crippen LogP contribution < -0.4 is 0 Å². The van der Waals surface area contributed by atoms with E-state index in [0.717, 1.165) is 25.7 Å². The molecule has 23 heavy (non-hydrogen) atoms. The van der Waals surface area contributed by atoms with Crippen LogP contribution in [0.5, 0.6) is 0 Å². The van der Waals surface area contributed by atoms with Crippen molar-refractivity contribution in [3.05, 3.63) is 0 Å². The Morgan fingerprint density at radius 3 is 1.91 bits per heavy atom. The average Bonchev–Trinajstić information content (AvgIpc) is 2.29. The fraction of sp³-hybridized carbons (Fsp3) is 0.950. The molecule has 0 heterocycles. The van der Waals surface area contributed by atoms with E-state index in [1.54, 1.807) is 0 Å². The molecule has 0 radical (unpaired) electrons. The Hall–Kier alpha value is -0.570. The predicted molar refractivity (Wildman–Crippen MR) is 97.3 cm³/mol. The van der Waals surface area contributed by atoms with Gasteiger partial charge in [-0.05, 0) is 30.6 Å². The van der Waals surface area contributed by atoms with Gasteiger partial charge in [-0.25, -0.2) is 0 Å². The van der Waals surface area contributed by atoms with Crippen LogP contribution in [0.4, 0.5) is 0 Å². The van der Waals surface area contributed by atoms with Crippen molar-refractivity contribution in [3.63, 3.8) is 0 Å². The summed E-state index contributed by atoms with van der Waals surface area (Å²) in [6.07, 6.45) is 4.15. The maximum absolute atomic E-state index is 12.8. The predicted octanol–water partition coefficient (Wildman–Crippen LogP) is 5.96. The van der Waals surface area contributed by atoms with E-state index in [-0.39, 0.29) is 28.8 Å². The highest BCUT2D eigenvalue weighted by Crippen LogP contribution is 2.37. The van der Waals surface area contributed by atoms with Crippen molar-refractivity contribution in [1.82, 2.24) is 0 Å². The second kappa shape index (κ2) is 8.50. The maximum atomic E-state index is 12.8. The topological polar surface area (TPSA) is 35.5 Å². The summed E-state index contributed by atoms with van der Waals surface area (Å²) in [5.41, 5.74) is -0.0509. The monoisotopic (exact) mass is 328 g/mol. The van der Waals surface area contributed by atoms with Crippen LogP contribution in [-0.2, 0) is 14.3 Å². The van der Waals surface area contributed by atoms with E-state index in [9.17, 15) is 4.79 Å². The van der Waals surface area contributed by atoms with E-state index in [1.165, 1.54) is 0 Å². The Morgan fingerprint density at radius 1 is 1.00 bits per heavy atom. The Balaban J connectivity index is 4.89. The summed E-state index contributed by atoms with van der Waals surface area (Å²) >= 11 is 0. The average molecular weight is 329 g/mol. The third kappa shape index (κ3) is 10.0. The smallest absolute Gasteiger partial charge is 0.311 e. The van der Waals surface area contributed by atoms with E-state index in [0.29, 0.717) is 0 Å². The van der Waals surface area contributed by atoms with Crippen LogP contribution in [0.1, 0.15) is 94.9 Å². The lowest BCUT2D eigenvalue weighted by molar-refractivity contribution is -0.237. The largest absolute Gasteiger partial charge is 0.433 e. The van der Waals surface area contributed by atoms with Gasteiger partial charge in [-0.15, -0.1) is 0 Å². The van der Waals surface area contributed by atoms with Gasteiger partial charge in [0.25, 0.3) is 0 Å². The lowest BCUT2D eigenvalue weighted by Crippen LogP contribution is -2.41. The highest BCUT2D eigenvalue weighted by atomic mass is 16.7. The SMILES string of the molecule is CCCCC(C)OC(C)(C)OC(=O)C(CC(C)(C)C)C(C)(C)C. The molecule has 2 atom stereocenters. The maximum Gasteiger partial charge on any atom is 0.311 e. The lowest BCUT2D eigenvalue weighted by atomic mass is 9.72. The van der Waals surface area contributed by atoms with Crippen molar-refractivity contribution in [3.8, 4) is 0 Å². The standard InChI is InChI=1S/C20H40O3/c1-11-12-13-15(2)22-20(9,10)23-17(21)16(19(6,7)8)14-18(3,4)5/h15-16H,11-14H2,1-10H3. The van der Waals surface area contributed by atoms with E-state index in [2.05, 4.69) is 48.5 Å². The summed E-state index contributed by atoms with van der Waals surface area (Å²) in [5, 5.41) is 0. The number of hydrogen-bond donors (Lipinski definition) is 0. The first kappa shape index (κ1) is 22.4. The van der Waals surface area contributed by atoms with E-state index in [4.69, 9.17) is 9.47 Å². The highest BCUT2D eigenvalue weighted by Gasteiger charge is 2.38. The van der Waals surface area contributed by atoms with E-state index >= 15 is 0 Å². The molecule has 0 aliphatic carbocycles. The van der Waals surface area contributed by atoms with Crippen LogP contribution >= 0.6 is 0 Å². The molecule has 3 heteroatoms. The third-order valence-electron chi connectivity index (χ3n) is 3.94. The van der Waals surface area contributed by atoms with Crippen LogP contribution in [0.2, 0.25) is 0 Å². The molecule has 138 valence electrons. The van der Waals surface area contributed by atoms with Crippen LogP contribution in [0.25, 0.3) is 0 Å². The minimum atomic E-state index is -0.883. The van der Waals surface area contributed by atoms with E-state index < -0.39 is 5.79 Å². The Bertz CT molecular complexity index is 358. The zero-order chi connectivity index (χ0) is 18.5. The number of unbranched alkanes of at least 4 members (excludes halogenated alkanes) is 1. The molecular formula is C20H40O3.